The molecule has 0 spiro atoms. The van der Waals surface area contributed by atoms with Gasteiger partial charge in [0.05, 0.1) is 0 Å². The lowest BCUT2D eigenvalue weighted by Crippen LogP contribution is -2.56. The van der Waals surface area contributed by atoms with E-state index in [4.69, 9.17) is 0 Å². The summed E-state index contributed by atoms with van der Waals surface area (Å²) >= 11 is 2.42. The van der Waals surface area contributed by atoms with Crippen molar-refractivity contribution in [2.75, 3.05) is 26.7 Å². The summed E-state index contributed by atoms with van der Waals surface area (Å²) in [5.74, 6) is 0.464. The SMILES string of the molecule is CCN(CC)C(=O)N[C@H]1C[C@@H]2c3cc(I)cc4[nH]c(C)c(c34)C[C@H]2N(C)C1. The Balaban J connectivity index is 1.66. The van der Waals surface area contributed by atoms with Crippen LogP contribution in [0.1, 0.15) is 43.0 Å². The van der Waals surface area contributed by atoms with E-state index < -0.39 is 0 Å². The van der Waals surface area contributed by atoms with Crippen LogP contribution in [0.5, 0.6) is 0 Å². The number of piperidine rings is 1. The first-order valence-corrected chi connectivity index (χ1v) is 11.1. The predicted molar refractivity (Wildman–Crippen MR) is 118 cm³/mol. The molecular weight excluding hydrogens is 451 g/mol. The van der Waals surface area contributed by atoms with Crippen molar-refractivity contribution < 1.29 is 4.79 Å². The summed E-state index contributed by atoms with van der Waals surface area (Å²) in [6.45, 7) is 8.68. The number of benzene rings is 1. The minimum atomic E-state index is 0.0682. The molecule has 2 N–H and O–H groups in total. The van der Waals surface area contributed by atoms with E-state index in [0.717, 1.165) is 32.5 Å². The Morgan fingerprint density at radius 2 is 2.11 bits per heavy atom. The van der Waals surface area contributed by atoms with Crippen LogP contribution in [0, 0.1) is 10.5 Å². The van der Waals surface area contributed by atoms with Gasteiger partial charge in [0, 0.05) is 57.8 Å². The van der Waals surface area contributed by atoms with E-state index in [0.29, 0.717) is 12.0 Å². The summed E-state index contributed by atoms with van der Waals surface area (Å²) < 4.78 is 1.28. The maximum absolute atomic E-state index is 12.6. The highest BCUT2D eigenvalue weighted by molar-refractivity contribution is 14.1. The average molecular weight is 480 g/mol. The molecule has 1 aromatic heterocycles. The zero-order chi connectivity index (χ0) is 19.3. The van der Waals surface area contributed by atoms with Crippen LogP contribution in [0.4, 0.5) is 4.79 Å². The molecule has 1 saturated heterocycles. The number of urea groups is 1. The molecule has 1 aliphatic heterocycles. The number of carbonyl (C=O) groups excluding carboxylic acids is 1. The number of likely N-dealkylation sites (tertiary alicyclic amines) is 1. The number of nitrogens with zero attached hydrogens (tertiary/aromatic N) is 2. The van der Waals surface area contributed by atoms with Gasteiger partial charge in [0.15, 0.2) is 0 Å². The van der Waals surface area contributed by atoms with Crippen LogP contribution in [0.25, 0.3) is 10.9 Å². The lowest BCUT2D eigenvalue weighted by Gasteiger charge is -2.46. The summed E-state index contributed by atoms with van der Waals surface area (Å²) in [4.78, 5) is 20.5. The average Bonchev–Trinajstić information content (AvgIpc) is 2.93. The maximum Gasteiger partial charge on any atom is 0.317 e. The molecule has 1 fully saturated rings. The van der Waals surface area contributed by atoms with Gasteiger partial charge in [-0.3, -0.25) is 0 Å². The van der Waals surface area contributed by atoms with Crippen LogP contribution in [-0.4, -0.2) is 59.6 Å². The summed E-state index contributed by atoms with van der Waals surface area (Å²) in [5, 5.41) is 4.72. The summed E-state index contributed by atoms with van der Waals surface area (Å²) in [7, 11) is 2.21. The number of carbonyl (C=O) groups is 1. The Hall–Kier alpha value is -1.28. The van der Waals surface area contributed by atoms with Gasteiger partial charge in [-0.25, -0.2) is 4.79 Å². The van der Waals surface area contributed by atoms with Crippen molar-refractivity contribution in [2.24, 2.45) is 0 Å². The van der Waals surface area contributed by atoms with Gasteiger partial charge >= 0.3 is 6.03 Å². The first-order chi connectivity index (χ1) is 12.9. The number of hydrogen-bond acceptors (Lipinski definition) is 2. The number of nitrogens with one attached hydrogen (secondary N) is 2. The molecule has 1 aromatic carbocycles. The second kappa shape index (κ2) is 7.28. The molecule has 5 nitrogen and oxygen atoms in total. The largest absolute Gasteiger partial charge is 0.358 e. The van der Waals surface area contributed by atoms with Gasteiger partial charge in [0.2, 0.25) is 0 Å². The van der Waals surface area contributed by atoms with E-state index in [2.05, 4.69) is 63.9 Å². The second-order valence-corrected chi connectivity index (χ2v) is 9.26. The van der Waals surface area contributed by atoms with E-state index in [1.165, 1.54) is 31.3 Å². The molecule has 4 rings (SSSR count). The number of aromatic amines is 1. The summed E-state index contributed by atoms with van der Waals surface area (Å²) in [5.41, 5.74) is 5.51. The predicted octanol–water partition coefficient (Wildman–Crippen LogP) is 3.84. The van der Waals surface area contributed by atoms with Crippen LogP contribution >= 0.6 is 22.6 Å². The second-order valence-electron chi connectivity index (χ2n) is 8.02. The topological polar surface area (TPSA) is 51.4 Å². The Kier molecular flexibility index (Phi) is 5.14. The van der Waals surface area contributed by atoms with Crippen molar-refractivity contribution in [1.82, 2.24) is 20.1 Å². The van der Waals surface area contributed by atoms with Crippen molar-refractivity contribution in [3.05, 3.63) is 32.5 Å². The minimum Gasteiger partial charge on any atom is -0.358 e. The number of amides is 2. The van der Waals surface area contributed by atoms with Crippen molar-refractivity contribution in [3.63, 3.8) is 0 Å². The van der Waals surface area contributed by atoms with E-state index in [1.807, 2.05) is 18.7 Å². The smallest absolute Gasteiger partial charge is 0.317 e. The van der Waals surface area contributed by atoms with E-state index in [1.54, 1.807) is 0 Å². The number of rotatable bonds is 3. The molecule has 2 amide bonds. The number of H-pyrrole nitrogens is 1. The lowest BCUT2D eigenvalue weighted by atomic mass is 9.73. The molecule has 2 aromatic rings. The monoisotopic (exact) mass is 480 g/mol. The van der Waals surface area contributed by atoms with Crippen LogP contribution in [0.3, 0.4) is 0 Å². The van der Waals surface area contributed by atoms with Crippen LogP contribution in [-0.2, 0) is 6.42 Å². The molecule has 2 heterocycles. The van der Waals surface area contributed by atoms with Crippen LogP contribution in [0.15, 0.2) is 12.1 Å². The molecular formula is C21H29IN4O. The zero-order valence-corrected chi connectivity index (χ0v) is 18.8. The highest BCUT2D eigenvalue weighted by atomic mass is 127. The third kappa shape index (κ3) is 3.24. The quantitative estimate of drug-likeness (QED) is 0.656. The number of halogens is 1. The van der Waals surface area contributed by atoms with Gasteiger partial charge in [-0.15, -0.1) is 0 Å². The lowest BCUT2D eigenvalue weighted by molar-refractivity contribution is 0.124. The molecule has 0 bridgehead atoms. The zero-order valence-electron chi connectivity index (χ0n) is 16.6. The van der Waals surface area contributed by atoms with Crippen molar-refractivity contribution in [3.8, 4) is 0 Å². The minimum absolute atomic E-state index is 0.0682. The highest BCUT2D eigenvalue weighted by Gasteiger charge is 2.40. The summed E-state index contributed by atoms with van der Waals surface area (Å²) in [6, 6.07) is 5.38. The van der Waals surface area contributed by atoms with E-state index in [9.17, 15) is 4.79 Å². The number of likely N-dealkylation sites (N-methyl/N-ethyl adjacent to an activating group) is 1. The van der Waals surface area contributed by atoms with E-state index >= 15 is 0 Å². The fraction of sp³-hybridized carbons (Fsp3) is 0.571. The van der Waals surface area contributed by atoms with Crippen LogP contribution < -0.4 is 5.32 Å². The molecule has 1 aliphatic carbocycles. The van der Waals surface area contributed by atoms with Crippen LogP contribution in [0.2, 0.25) is 0 Å². The van der Waals surface area contributed by atoms with Gasteiger partial charge in [-0.05, 0) is 86.5 Å². The normalized spacial score (nSPS) is 24.7. The summed E-state index contributed by atoms with van der Waals surface area (Å²) in [6.07, 6.45) is 2.11. The standard InChI is InChI=1S/C21H29IN4O/c1-5-26(6-2)21(27)24-14-9-16-17-7-13(22)8-18-20(17)15(12(3)23-18)10-19(16)25(4)11-14/h7-8,14,16,19,23H,5-6,9-11H2,1-4H3,(H,24,27)/t14-,16+,19+/m0/s1. The molecule has 2 aliphatic rings. The van der Waals surface area contributed by atoms with Gasteiger partial charge in [-0.2, -0.15) is 0 Å². The third-order valence-corrected chi connectivity index (χ3v) is 7.10. The first kappa shape index (κ1) is 19.1. The Morgan fingerprint density at radius 1 is 1.37 bits per heavy atom. The van der Waals surface area contributed by atoms with Crippen molar-refractivity contribution in [2.45, 2.75) is 51.6 Å². The molecule has 146 valence electrons. The number of aryl methyl sites for hydroxylation is 1. The molecule has 0 unspecified atom stereocenters. The third-order valence-electron chi connectivity index (χ3n) is 6.48. The fourth-order valence-electron chi connectivity index (χ4n) is 5.13. The first-order valence-electron chi connectivity index (χ1n) is 9.99. The number of hydrogen-bond donors (Lipinski definition) is 2. The Morgan fingerprint density at radius 3 is 2.81 bits per heavy atom. The van der Waals surface area contributed by atoms with Gasteiger partial charge in [0.25, 0.3) is 0 Å². The van der Waals surface area contributed by atoms with Gasteiger partial charge < -0.3 is 20.1 Å². The van der Waals surface area contributed by atoms with E-state index in [-0.39, 0.29) is 12.1 Å². The van der Waals surface area contributed by atoms with Gasteiger partial charge in [-0.1, -0.05) is 0 Å². The molecule has 27 heavy (non-hydrogen) atoms. The number of aromatic nitrogens is 1. The maximum atomic E-state index is 12.6. The van der Waals surface area contributed by atoms with Crippen molar-refractivity contribution >= 4 is 39.5 Å². The molecule has 3 atom stereocenters. The number of fused-ring (bicyclic) bond motifs is 2. The van der Waals surface area contributed by atoms with Crippen molar-refractivity contribution in [1.29, 1.82) is 0 Å². The van der Waals surface area contributed by atoms with Gasteiger partial charge in [0.1, 0.15) is 0 Å². The molecule has 6 heteroatoms. The molecule has 0 radical (unpaired) electrons. The fourth-order valence-corrected chi connectivity index (χ4v) is 5.77. The Labute approximate surface area is 175 Å². The Bertz CT molecular complexity index is 873. The highest BCUT2D eigenvalue weighted by Crippen LogP contribution is 2.44. The molecule has 0 saturated carbocycles.